The molecule has 0 heterocycles. The van der Waals surface area contributed by atoms with E-state index < -0.39 is 6.10 Å². The molecule has 1 rings (SSSR count). The molecule has 3 nitrogen and oxygen atoms in total. The number of Topliss-reactive ketones (excluding diaryl/α,β-unsaturated/α-hetero) is 1. The van der Waals surface area contributed by atoms with Gasteiger partial charge in [-0.05, 0) is 24.6 Å². The van der Waals surface area contributed by atoms with Crippen LogP contribution in [-0.4, -0.2) is 10.9 Å². The molecule has 0 fully saturated rings. The molecule has 0 amide bonds. The van der Waals surface area contributed by atoms with Crippen molar-refractivity contribution in [3.8, 4) is 6.07 Å². The molecule has 1 aromatic rings. The number of aliphatic hydroxyl groups is 1. The number of hydrogen-bond acceptors (Lipinski definition) is 3. The van der Waals surface area contributed by atoms with Gasteiger partial charge in [-0.15, -0.1) is 0 Å². The third-order valence-corrected chi connectivity index (χ3v) is 1.74. The highest BCUT2D eigenvalue weighted by Crippen LogP contribution is 2.13. The van der Waals surface area contributed by atoms with Gasteiger partial charge in [-0.2, -0.15) is 5.26 Å². The van der Waals surface area contributed by atoms with Gasteiger partial charge in [0.1, 0.15) is 6.10 Å². The molecule has 1 aromatic carbocycles. The Kier molecular flexibility index (Phi) is 2.78. The Morgan fingerprint density at radius 1 is 1.46 bits per heavy atom. The molecular formula is C10H9NO2. The van der Waals surface area contributed by atoms with E-state index in [0.717, 1.165) is 0 Å². The SMILES string of the molecule is CC(=O)[C@H](O)c1ccc(C#N)cc1. The average Bonchev–Trinajstić information content (AvgIpc) is 2.17. The lowest BCUT2D eigenvalue weighted by Crippen LogP contribution is -2.07. The standard InChI is InChI=1S/C10H9NO2/c1-7(12)10(13)9-4-2-8(6-11)3-5-9/h2-5,10,13H,1H3/t10-/m0/s1. The molecule has 3 heteroatoms. The Hall–Kier alpha value is -1.66. The number of carbonyl (C=O) groups is 1. The first-order valence-electron chi connectivity index (χ1n) is 3.83. The summed E-state index contributed by atoms with van der Waals surface area (Å²) in [5.41, 5.74) is 1.03. The van der Waals surface area contributed by atoms with Crippen LogP contribution in [0.5, 0.6) is 0 Å². The zero-order chi connectivity index (χ0) is 9.84. The van der Waals surface area contributed by atoms with Crippen LogP contribution in [0, 0.1) is 11.3 Å². The Balaban J connectivity index is 2.93. The number of aliphatic hydroxyl groups excluding tert-OH is 1. The number of hydrogen-bond donors (Lipinski definition) is 1. The summed E-state index contributed by atoms with van der Waals surface area (Å²) in [6.45, 7) is 1.32. The summed E-state index contributed by atoms with van der Waals surface area (Å²) >= 11 is 0. The van der Waals surface area contributed by atoms with E-state index in [0.29, 0.717) is 11.1 Å². The fraction of sp³-hybridized carbons (Fsp3) is 0.200. The van der Waals surface area contributed by atoms with E-state index in [9.17, 15) is 9.90 Å². The number of nitriles is 1. The molecule has 66 valence electrons. The van der Waals surface area contributed by atoms with Gasteiger partial charge in [0.2, 0.25) is 0 Å². The predicted molar refractivity (Wildman–Crippen MR) is 46.8 cm³/mol. The first kappa shape index (κ1) is 9.43. The van der Waals surface area contributed by atoms with Crippen molar-refractivity contribution < 1.29 is 9.90 Å². The minimum Gasteiger partial charge on any atom is -0.381 e. The molecule has 0 radical (unpaired) electrons. The van der Waals surface area contributed by atoms with Gasteiger partial charge in [-0.1, -0.05) is 12.1 Å². The van der Waals surface area contributed by atoms with Crippen LogP contribution >= 0.6 is 0 Å². The van der Waals surface area contributed by atoms with Crippen LogP contribution in [0.1, 0.15) is 24.2 Å². The fourth-order valence-electron chi connectivity index (χ4n) is 0.975. The zero-order valence-corrected chi connectivity index (χ0v) is 7.19. The lowest BCUT2D eigenvalue weighted by atomic mass is 10.1. The van der Waals surface area contributed by atoms with Crippen LogP contribution in [0.25, 0.3) is 0 Å². The predicted octanol–water partition coefficient (Wildman–Crippen LogP) is 1.18. The molecule has 1 atom stereocenters. The van der Waals surface area contributed by atoms with Gasteiger partial charge in [-0.25, -0.2) is 0 Å². The summed E-state index contributed by atoms with van der Waals surface area (Å²) in [5.74, 6) is -0.301. The zero-order valence-electron chi connectivity index (χ0n) is 7.19. The quantitative estimate of drug-likeness (QED) is 0.734. The van der Waals surface area contributed by atoms with Crippen LogP contribution in [0.3, 0.4) is 0 Å². The van der Waals surface area contributed by atoms with Crippen LogP contribution in [0.2, 0.25) is 0 Å². The van der Waals surface area contributed by atoms with Crippen molar-refractivity contribution in [2.75, 3.05) is 0 Å². The van der Waals surface area contributed by atoms with Crippen LogP contribution in [0.15, 0.2) is 24.3 Å². The highest BCUT2D eigenvalue weighted by Gasteiger charge is 2.11. The van der Waals surface area contributed by atoms with Gasteiger partial charge in [0, 0.05) is 0 Å². The number of rotatable bonds is 2. The lowest BCUT2D eigenvalue weighted by molar-refractivity contribution is -0.125. The van der Waals surface area contributed by atoms with E-state index in [-0.39, 0.29) is 5.78 Å². The highest BCUT2D eigenvalue weighted by atomic mass is 16.3. The van der Waals surface area contributed by atoms with Gasteiger partial charge in [0.05, 0.1) is 11.6 Å². The summed E-state index contributed by atoms with van der Waals surface area (Å²) < 4.78 is 0. The van der Waals surface area contributed by atoms with Crippen molar-refractivity contribution >= 4 is 5.78 Å². The Morgan fingerprint density at radius 3 is 2.38 bits per heavy atom. The Labute approximate surface area is 76.2 Å². The minimum atomic E-state index is -1.08. The molecule has 0 bridgehead atoms. The van der Waals surface area contributed by atoms with E-state index in [2.05, 4.69) is 0 Å². The van der Waals surface area contributed by atoms with E-state index in [1.807, 2.05) is 6.07 Å². The van der Waals surface area contributed by atoms with Gasteiger partial charge >= 0.3 is 0 Å². The minimum absolute atomic E-state index is 0.301. The van der Waals surface area contributed by atoms with Crippen molar-refractivity contribution in [3.63, 3.8) is 0 Å². The fourth-order valence-corrected chi connectivity index (χ4v) is 0.975. The van der Waals surface area contributed by atoms with Gasteiger partial charge in [-0.3, -0.25) is 4.79 Å². The Morgan fingerprint density at radius 2 is 2.00 bits per heavy atom. The van der Waals surface area contributed by atoms with Gasteiger partial charge in [0.25, 0.3) is 0 Å². The first-order valence-corrected chi connectivity index (χ1v) is 3.83. The number of benzene rings is 1. The van der Waals surface area contributed by atoms with Gasteiger partial charge in [0.15, 0.2) is 5.78 Å². The van der Waals surface area contributed by atoms with E-state index in [1.54, 1.807) is 24.3 Å². The number of carbonyl (C=O) groups excluding carboxylic acids is 1. The third kappa shape index (κ3) is 2.14. The molecular weight excluding hydrogens is 166 g/mol. The number of nitrogens with zero attached hydrogens (tertiary/aromatic N) is 1. The normalized spacial score (nSPS) is 11.8. The van der Waals surface area contributed by atoms with Crippen molar-refractivity contribution in [1.82, 2.24) is 0 Å². The topological polar surface area (TPSA) is 61.1 Å². The molecule has 0 unspecified atom stereocenters. The second kappa shape index (κ2) is 3.83. The Bertz CT molecular complexity index is 348. The number of ketones is 1. The molecule has 0 saturated heterocycles. The molecule has 0 aliphatic carbocycles. The third-order valence-electron chi connectivity index (χ3n) is 1.74. The monoisotopic (exact) mass is 175 g/mol. The van der Waals surface area contributed by atoms with E-state index >= 15 is 0 Å². The second-order valence-electron chi connectivity index (χ2n) is 2.75. The van der Waals surface area contributed by atoms with E-state index in [1.165, 1.54) is 6.92 Å². The summed E-state index contributed by atoms with van der Waals surface area (Å²) in [6, 6.07) is 8.25. The molecule has 1 N–H and O–H groups in total. The molecule has 0 aliphatic heterocycles. The lowest BCUT2D eigenvalue weighted by Gasteiger charge is -2.05. The van der Waals surface area contributed by atoms with Crippen LogP contribution in [-0.2, 0) is 4.79 Å². The van der Waals surface area contributed by atoms with E-state index in [4.69, 9.17) is 5.26 Å². The first-order chi connectivity index (χ1) is 6.15. The van der Waals surface area contributed by atoms with Crippen molar-refractivity contribution in [3.05, 3.63) is 35.4 Å². The van der Waals surface area contributed by atoms with Crippen molar-refractivity contribution in [2.45, 2.75) is 13.0 Å². The molecule has 0 spiro atoms. The highest BCUT2D eigenvalue weighted by molar-refractivity contribution is 5.81. The summed E-state index contributed by atoms with van der Waals surface area (Å²) in [5, 5.41) is 17.8. The average molecular weight is 175 g/mol. The molecule has 0 aliphatic rings. The van der Waals surface area contributed by atoms with Gasteiger partial charge < -0.3 is 5.11 Å². The summed E-state index contributed by atoms with van der Waals surface area (Å²) in [7, 11) is 0. The van der Waals surface area contributed by atoms with Crippen molar-refractivity contribution in [1.29, 1.82) is 5.26 Å². The molecule has 13 heavy (non-hydrogen) atoms. The maximum Gasteiger partial charge on any atom is 0.162 e. The second-order valence-corrected chi connectivity index (χ2v) is 2.75. The molecule has 0 aromatic heterocycles. The maximum atomic E-state index is 10.8. The van der Waals surface area contributed by atoms with Crippen LogP contribution < -0.4 is 0 Å². The molecule has 0 saturated carbocycles. The maximum absolute atomic E-state index is 10.8. The largest absolute Gasteiger partial charge is 0.381 e. The summed E-state index contributed by atoms with van der Waals surface area (Å²) in [4.78, 5) is 10.8. The summed E-state index contributed by atoms with van der Waals surface area (Å²) in [6.07, 6.45) is -1.08. The smallest absolute Gasteiger partial charge is 0.162 e. The van der Waals surface area contributed by atoms with Crippen molar-refractivity contribution in [2.24, 2.45) is 0 Å². The van der Waals surface area contributed by atoms with Crippen LogP contribution in [0.4, 0.5) is 0 Å².